The number of carbonyl (C=O) groups is 2. The van der Waals surface area contributed by atoms with Gasteiger partial charge in [-0.2, -0.15) is 0 Å². The first-order chi connectivity index (χ1) is 9.66. The fourth-order valence-corrected chi connectivity index (χ4v) is 3.25. The van der Waals surface area contributed by atoms with Gasteiger partial charge in [0, 0.05) is 6.54 Å². The molecule has 0 aromatic heterocycles. The second kappa shape index (κ2) is 5.26. The molecule has 114 valence electrons. The molecule has 0 radical (unpaired) electrons. The van der Waals surface area contributed by atoms with Gasteiger partial charge >= 0.3 is 0 Å². The molecule has 2 rings (SSSR count). The minimum absolute atomic E-state index is 0.0162. The van der Waals surface area contributed by atoms with Crippen molar-refractivity contribution in [1.82, 2.24) is 0 Å². The number of nitrogens with zero attached hydrogens (tertiary/aromatic N) is 1. The van der Waals surface area contributed by atoms with Crippen molar-refractivity contribution >= 4 is 27.2 Å². The molecule has 1 aliphatic heterocycles. The number of hydrogen-bond donors (Lipinski definition) is 0. The zero-order chi connectivity index (χ0) is 15.9. The van der Waals surface area contributed by atoms with Crippen molar-refractivity contribution in [3.63, 3.8) is 0 Å². The lowest BCUT2D eigenvalue weighted by Crippen LogP contribution is -2.35. The molecule has 0 N–H and O–H groups in total. The van der Waals surface area contributed by atoms with Crippen molar-refractivity contribution in [3.8, 4) is 0 Å². The molecule has 0 spiro atoms. The van der Waals surface area contributed by atoms with Crippen LogP contribution in [0.1, 0.15) is 35.3 Å². The highest BCUT2D eigenvalue weighted by atomic mass is 32.2. The van der Waals surface area contributed by atoms with Crippen LogP contribution in [0.3, 0.4) is 0 Å². The van der Waals surface area contributed by atoms with Crippen LogP contribution in [0.5, 0.6) is 0 Å². The summed E-state index contributed by atoms with van der Waals surface area (Å²) in [6.45, 7) is 6.96. The third kappa shape index (κ3) is 2.60. The Morgan fingerprint density at radius 2 is 1.76 bits per heavy atom. The Morgan fingerprint density at radius 3 is 2.33 bits per heavy atom. The lowest BCUT2D eigenvalue weighted by Gasteiger charge is -2.20. The number of amides is 1. The number of carbonyl (C=O) groups excluding carboxylic acids is 2. The van der Waals surface area contributed by atoms with Gasteiger partial charge in [0.05, 0.1) is 22.3 Å². The molecule has 1 aromatic carbocycles. The van der Waals surface area contributed by atoms with E-state index in [0.29, 0.717) is 11.3 Å². The predicted molar refractivity (Wildman–Crippen MR) is 81.5 cm³/mol. The number of rotatable bonds is 4. The zero-order valence-corrected chi connectivity index (χ0v) is 13.5. The first kappa shape index (κ1) is 15.7. The standard InChI is InChI=1S/C15H19NO4S/c1-9(2)21(19,20)8-7-16-13-11(4)10(3)5-6-12(13)14(17)15(16)18/h5-6,9H,7-8H2,1-4H3. The van der Waals surface area contributed by atoms with Crippen LogP contribution in [0, 0.1) is 13.8 Å². The van der Waals surface area contributed by atoms with Gasteiger partial charge in [0.15, 0.2) is 9.84 Å². The van der Waals surface area contributed by atoms with Crippen LogP contribution in [0.2, 0.25) is 0 Å². The number of sulfone groups is 1. The van der Waals surface area contributed by atoms with E-state index in [0.717, 1.165) is 11.1 Å². The summed E-state index contributed by atoms with van der Waals surface area (Å²) >= 11 is 0. The maximum atomic E-state index is 12.1. The van der Waals surface area contributed by atoms with Crippen molar-refractivity contribution in [2.45, 2.75) is 32.9 Å². The van der Waals surface area contributed by atoms with Crippen LogP contribution in [0.25, 0.3) is 0 Å². The number of aryl methyl sites for hydroxylation is 1. The van der Waals surface area contributed by atoms with E-state index < -0.39 is 26.8 Å². The molecule has 1 amide bonds. The summed E-state index contributed by atoms with van der Waals surface area (Å²) < 4.78 is 23.8. The average Bonchev–Trinajstić information content (AvgIpc) is 2.65. The summed E-state index contributed by atoms with van der Waals surface area (Å²) in [7, 11) is -3.26. The molecule has 0 saturated carbocycles. The van der Waals surface area contributed by atoms with Crippen LogP contribution in [0.15, 0.2) is 12.1 Å². The minimum atomic E-state index is -3.26. The summed E-state index contributed by atoms with van der Waals surface area (Å²) in [5, 5.41) is -0.496. The van der Waals surface area contributed by atoms with E-state index in [2.05, 4.69) is 0 Å². The molecule has 0 atom stereocenters. The normalized spacial score (nSPS) is 15.0. The number of anilines is 1. The van der Waals surface area contributed by atoms with E-state index in [1.54, 1.807) is 26.0 Å². The SMILES string of the molecule is Cc1ccc2c(c1C)N(CCS(=O)(=O)C(C)C)C(=O)C2=O. The van der Waals surface area contributed by atoms with Crippen molar-refractivity contribution < 1.29 is 18.0 Å². The molecule has 1 heterocycles. The fourth-order valence-electron chi connectivity index (χ4n) is 2.34. The molecule has 0 fully saturated rings. The predicted octanol–water partition coefficient (Wildman–Crippen LogP) is 1.66. The zero-order valence-electron chi connectivity index (χ0n) is 12.6. The van der Waals surface area contributed by atoms with E-state index in [4.69, 9.17) is 0 Å². The highest BCUT2D eigenvalue weighted by Gasteiger charge is 2.37. The molecule has 21 heavy (non-hydrogen) atoms. The number of hydrogen-bond acceptors (Lipinski definition) is 4. The topological polar surface area (TPSA) is 71.5 Å². The van der Waals surface area contributed by atoms with E-state index in [9.17, 15) is 18.0 Å². The highest BCUT2D eigenvalue weighted by Crippen LogP contribution is 2.33. The van der Waals surface area contributed by atoms with Gasteiger partial charge in [-0.05, 0) is 44.9 Å². The second-order valence-corrected chi connectivity index (χ2v) is 8.28. The van der Waals surface area contributed by atoms with E-state index in [-0.39, 0.29) is 12.3 Å². The maximum Gasteiger partial charge on any atom is 0.299 e. The molecular weight excluding hydrogens is 290 g/mol. The molecule has 0 bridgehead atoms. The maximum absolute atomic E-state index is 12.1. The van der Waals surface area contributed by atoms with Gasteiger partial charge < -0.3 is 4.90 Å². The largest absolute Gasteiger partial charge is 0.303 e. The van der Waals surface area contributed by atoms with Gasteiger partial charge in [0.1, 0.15) is 0 Å². The fraction of sp³-hybridized carbons (Fsp3) is 0.467. The van der Waals surface area contributed by atoms with Gasteiger partial charge in [-0.25, -0.2) is 8.42 Å². The Labute approximate surface area is 124 Å². The van der Waals surface area contributed by atoms with Gasteiger partial charge in [0.25, 0.3) is 11.7 Å². The van der Waals surface area contributed by atoms with Crippen LogP contribution < -0.4 is 4.90 Å². The molecular formula is C15H19NO4S. The van der Waals surface area contributed by atoms with Gasteiger partial charge in [-0.15, -0.1) is 0 Å². The highest BCUT2D eigenvalue weighted by molar-refractivity contribution is 7.92. The second-order valence-electron chi connectivity index (χ2n) is 5.61. The minimum Gasteiger partial charge on any atom is -0.303 e. The molecule has 0 unspecified atom stereocenters. The molecule has 1 aromatic rings. The molecule has 5 nitrogen and oxygen atoms in total. The molecule has 0 saturated heterocycles. The van der Waals surface area contributed by atoms with Crippen LogP contribution in [-0.4, -0.2) is 37.7 Å². The van der Waals surface area contributed by atoms with Gasteiger partial charge in [-0.3, -0.25) is 9.59 Å². The number of fused-ring (bicyclic) bond motifs is 1. The van der Waals surface area contributed by atoms with Crippen molar-refractivity contribution in [3.05, 3.63) is 28.8 Å². The lowest BCUT2D eigenvalue weighted by molar-refractivity contribution is -0.114. The van der Waals surface area contributed by atoms with Crippen molar-refractivity contribution in [2.75, 3.05) is 17.2 Å². The summed E-state index contributed by atoms with van der Waals surface area (Å²) in [6, 6.07) is 3.43. The first-order valence-electron chi connectivity index (χ1n) is 6.84. The Hall–Kier alpha value is -1.69. The van der Waals surface area contributed by atoms with E-state index >= 15 is 0 Å². The Bertz CT molecular complexity index is 719. The Morgan fingerprint density at radius 1 is 1.14 bits per heavy atom. The number of ketones is 1. The lowest BCUT2D eigenvalue weighted by atomic mass is 10.0. The van der Waals surface area contributed by atoms with E-state index in [1.165, 1.54) is 4.90 Å². The summed E-state index contributed by atoms with van der Waals surface area (Å²) in [4.78, 5) is 25.4. The van der Waals surface area contributed by atoms with Crippen LogP contribution in [-0.2, 0) is 14.6 Å². The Kier molecular flexibility index (Phi) is 3.93. The molecule has 6 heteroatoms. The molecule has 1 aliphatic rings. The number of benzene rings is 1. The third-order valence-corrected chi connectivity index (χ3v) is 6.16. The molecule has 0 aliphatic carbocycles. The quantitative estimate of drug-likeness (QED) is 0.793. The Balaban J connectivity index is 2.38. The first-order valence-corrected chi connectivity index (χ1v) is 8.56. The van der Waals surface area contributed by atoms with Gasteiger partial charge in [0.2, 0.25) is 0 Å². The monoisotopic (exact) mass is 309 g/mol. The van der Waals surface area contributed by atoms with Crippen LogP contribution in [0.4, 0.5) is 5.69 Å². The van der Waals surface area contributed by atoms with Gasteiger partial charge in [-0.1, -0.05) is 6.07 Å². The summed E-state index contributed by atoms with van der Waals surface area (Å²) in [6.07, 6.45) is 0. The van der Waals surface area contributed by atoms with Crippen LogP contribution >= 0.6 is 0 Å². The summed E-state index contributed by atoms with van der Waals surface area (Å²) in [5.74, 6) is -1.34. The third-order valence-electron chi connectivity index (χ3n) is 3.97. The summed E-state index contributed by atoms with van der Waals surface area (Å²) in [5.41, 5.74) is 2.73. The van der Waals surface area contributed by atoms with E-state index in [1.807, 2.05) is 13.8 Å². The smallest absolute Gasteiger partial charge is 0.299 e. The van der Waals surface area contributed by atoms with Crippen molar-refractivity contribution in [2.24, 2.45) is 0 Å². The number of Topliss-reactive ketones (excluding diaryl/α,β-unsaturated/α-hetero) is 1. The average molecular weight is 309 g/mol. The van der Waals surface area contributed by atoms with Crippen molar-refractivity contribution in [1.29, 1.82) is 0 Å².